The van der Waals surface area contributed by atoms with Gasteiger partial charge in [-0.05, 0) is 31.2 Å². The lowest BCUT2D eigenvalue weighted by Gasteiger charge is -2.36. The maximum atomic E-state index is 11.2. The molecule has 0 atom stereocenters. The molecule has 0 heterocycles. The molecule has 1 saturated carbocycles. The number of hydrogen-bond donors (Lipinski definition) is 2. The lowest BCUT2D eigenvalue weighted by atomic mass is 9.88. The number of hydrogen-bond acceptors (Lipinski definition) is 3. The summed E-state index contributed by atoms with van der Waals surface area (Å²) in [5, 5.41) is 12.5. The van der Waals surface area contributed by atoms with Gasteiger partial charge < -0.3 is 10.4 Å². The highest BCUT2D eigenvalue weighted by Crippen LogP contribution is 2.38. The van der Waals surface area contributed by atoms with Crippen LogP contribution in [0.4, 0.5) is 5.69 Å². The predicted molar refractivity (Wildman–Crippen MR) is 81.2 cm³/mol. The number of benzene rings is 1. The van der Waals surface area contributed by atoms with E-state index < -0.39 is 5.97 Å². The minimum Gasteiger partial charge on any atom is -0.478 e. The van der Waals surface area contributed by atoms with Crippen LogP contribution in [0.1, 0.15) is 42.5 Å². The quantitative estimate of drug-likeness (QED) is 0.859. The van der Waals surface area contributed by atoms with E-state index in [4.69, 9.17) is 0 Å². The van der Waals surface area contributed by atoms with Crippen molar-refractivity contribution >= 4 is 23.4 Å². The van der Waals surface area contributed by atoms with Gasteiger partial charge >= 0.3 is 5.97 Å². The number of aromatic carboxylic acids is 1. The molecule has 0 amide bonds. The highest BCUT2D eigenvalue weighted by molar-refractivity contribution is 8.00. The van der Waals surface area contributed by atoms with Crippen molar-refractivity contribution < 1.29 is 9.90 Å². The molecule has 104 valence electrons. The van der Waals surface area contributed by atoms with Crippen molar-refractivity contribution in [2.75, 3.05) is 18.1 Å². The highest BCUT2D eigenvalue weighted by Gasteiger charge is 2.31. The van der Waals surface area contributed by atoms with E-state index >= 15 is 0 Å². The molecular weight excluding hydrogens is 258 g/mol. The van der Waals surface area contributed by atoms with Gasteiger partial charge in [0.25, 0.3) is 0 Å². The van der Waals surface area contributed by atoms with E-state index in [-0.39, 0.29) is 4.75 Å². The monoisotopic (exact) mass is 279 g/mol. The number of anilines is 1. The molecule has 1 aliphatic carbocycles. The summed E-state index contributed by atoms with van der Waals surface area (Å²) in [7, 11) is 0. The van der Waals surface area contributed by atoms with Gasteiger partial charge in [0.1, 0.15) is 0 Å². The maximum absolute atomic E-state index is 11.2. The molecule has 0 aliphatic heterocycles. The minimum absolute atomic E-state index is 0.268. The van der Waals surface area contributed by atoms with Crippen molar-refractivity contribution in [3.63, 3.8) is 0 Å². The van der Waals surface area contributed by atoms with Gasteiger partial charge in [0.05, 0.1) is 5.56 Å². The van der Waals surface area contributed by atoms with Gasteiger partial charge in [0, 0.05) is 17.0 Å². The summed E-state index contributed by atoms with van der Waals surface area (Å²) in [6.45, 7) is 0.846. The van der Waals surface area contributed by atoms with Crippen LogP contribution in [0.3, 0.4) is 0 Å². The molecule has 0 unspecified atom stereocenters. The van der Waals surface area contributed by atoms with E-state index in [1.807, 2.05) is 23.9 Å². The molecule has 3 nitrogen and oxygen atoms in total. The van der Waals surface area contributed by atoms with Crippen LogP contribution in [0.25, 0.3) is 0 Å². The first kappa shape index (κ1) is 14.3. The lowest BCUT2D eigenvalue weighted by Crippen LogP contribution is -2.35. The lowest BCUT2D eigenvalue weighted by molar-refractivity contribution is 0.0698. The number of carboxylic acids is 1. The summed E-state index contributed by atoms with van der Waals surface area (Å²) in [5.41, 5.74) is 1.09. The first-order valence-corrected chi connectivity index (χ1v) is 8.01. The van der Waals surface area contributed by atoms with Gasteiger partial charge in [-0.25, -0.2) is 4.79 Å². The molecule has 1 aromatic carbocycles. The van der Waals surface area contributed by atoms with Crippen molar-refractivity contribution in [3.05, 3.63) is 29.8 Å². The van der Waals surface area contributed by atoms with Gasteiger partial charge in [-0.15, -0.1) is 0 Å². The van der Waals surface area contributed by atoms with Gasteiger partial charge in [-0.2, -0.15) is 11.8 Å². The molecule has 4 heteroatoms. The van der Waals surface area contributed by atoms with E-state index in [1.54, 1.807) is 12.1 Å². The van der Waals surface area contributed by atoms with Gasteiger partial charge in [0.2, 0.25) is 0 Å². The highest BCUT2D eigenvalue weighted by atomic mass is 32.2. The van der Waals surface area contributed by atoms with Crippen molar-refractivity contribution in [2.45, 2.75) is 36.9 Å². The SMILES string of the molecule is CSC1(CNc2ccccc2C(=O)O)CCCCC1. The largest absolute Gasteiger partial charge is 0.478 e. The third-order valence-corrected chi connectivity index (χ3v) is 5.37. The standard InChI is InChI=1S/C15H21NO2S/c1-19-15(9-5-2-6-10-15)11-16-13-8-4-3-7-12(13)14(17)18/h3-4,7-8,16H,2,5-6,9-11H2,1H3,(H,17,18). The first-order valence-electron chi connectivity index (χ1n) is 6.78. The minimum atomic E-state index is -0.870. The number of carboxylic acid groups (broad SMARTS) is 1. The number of rotatable bonds is 5. The zero-order chi connectivity index (χ0) is 13.7. The predicted octanol–water partition coefficient (Wildman–Crippen LogP) is 3.86. The van der Waals surface area contributed by atoms with Crippen molar-refractivity contribution in [1.29, 1.82) is 0 Å². The topological polar surface area (TPSA) is 49.3 Å². The second-order valence-corrected chi connectivity index (χ2v) is 6.43. The average molecular weight is 279 g/mol. The van der Waals surface area contributed by atoms with Crippen molar-refractivity contribution in [2.24, 2.45) is 0 Å². The Morgan fingerprint density at radius 2 is 2.00 bits per heavy atom. The number of nitrogens with one attached hydrogen (secondary N) is 1. The number of para-hydroxylation sites is 1. The third-order valence-electron chi connectivity index (χ3n) is 3.96. The van der Waals surface area contributed by atoms with Crippen LogP contribution in [0.15, 0.2) is 24.3 Å². The fourth-order valence-electron chi connectivity index (χ4n) is 2.73. The van der Waals surface area contributed by atoms with E-state index in [0.717, 1.165) is 12.2 Å². The Labute approximate surface area is 118 Å². The molecule has 1 aliphatic rings. The Kier molecular flexibility index (Phi) is 4.75. The summed E-state index contributed by atoms with van der Waals surface area (Å²) in [5.74, 6) is -0.870. The summed E-state index contributed by atoms with van der Waals surface area (Å²) in [6, 6.07) is 7.14. The zero-order valence-corrected chi connectivity index (χ0v) is 12.1. The Hall–Kier alpha value is -1.16. The molecule has 0 spiro atoms. The Balaban J connectivity index is 2.07. The normalized spacial score (nSPS) is 17.9. The van der Waals surface area contributed by atoms with Gasteiger partial charge in [0.15, 0.2) is 0 Å². The molecule has 0 bridgehead atoms. The van der Waals surface area contributed by atoms with E-state index in [9.17, 15) is 9.90 Å². The first-order chi connectivity index (χ1) is 9.17. The van der Waals surface area contributed by atoms with Crippen LogP contribution in [-0.2, 0) is 0 Å². The molecule has 1 aromatic rings. The molecule has 0 aromatic heterocycles. The van der Waals surface area contributed by atoms with E-state index in [0.29, 0.717) is 5.56 Å². The Morgan fingerprint density at radius 3 is 2.63 bits per heavy atom. The van der Waals surface area contributed by atoms with Crippen LogP contribution in [0.5, 0.6) is 0 Å². The Bertz CT molecular complexity index is 442. The fraction of sp³-hybridized carbons (Fsp3) is 0.533. The van der Waals surface area contributed by atoms with E-state index in [1.165, 1.54) is 32.1 Å². The summed E-state index contributed by atoms with van der Waals surface area (Å²) in [6.07, 6.45) is 8.49. The fourth-order valence-corrected chi connectivity index (χ4v) is 3.64. The zero-order valence-electron chi connectivity index (χ0n) is 11.3. The van der Waals surface area contributed by atoms with Gasteiger partial charge in [-0.1, -0.05) is 31.4 Å². The van der Waals surface area contributed by atoms with Crippen LogP contribution >= 0.6 is 11.8 Å². The second-order valence-electron chi connectivity index (χ2n) is 5.15. The summed E-state index contributed by atoms with van der Waals surface area (Å²) < 4.78 is 0.268. The number of carbonyl (C=O) groups is 1. The average Bonchev–Trinajstić information content (AvgIpc) is 2.46. The summed E-state index contributed by atoms with van der Waals surface area (Å²) >= 11 is 1.92. The molecule has 1 fully saturated rings. The van der Waals surface area contributed by atoms with Crippen LogP contribution in [-0.4, -0.2) is 28.6 Å². The van der Waals surface area contributed by atoms with Gasteiger partial charge in [-0.3, -0.25) is 0 Å². The second kappa shape index (κ2) is 6.33. The molecule has 2 rings (SSSR count). The molecular formula is C15H21NO2S. The van der Waals surface area contributed by atoms with Crippen LogP contribution in [0, 0.1) is 0 Å². The van der Waals surface area contributed by atoms with Crippen LogP contribution in [0.2, 0.25) is 0 Å². The maximum Gasteiger partial charge on any atom is 0.337 e. The Morgan fingerprint density at radius 1 is 1.32 bits per heavy atom. The molecule has 19 heavy (non-hydrogen) atoms. The molecule has 0 radical (unpaired) electrons. The van der Waals surface area contributed by atoms with Crippen molar-refractivity contribution in [3.8, 4) is 0 Å². The van der Waals surface area contributed by atoms with Crippen molar-refractivity contribution in [1.82, 2.24) is 0 Å². The molecule has 2 N–H and O–H groups in total. The van der Waals surface area contributed by atoms with Crippen LogP contribution < -0.4 is 5.32 Å². The van der Waals surface area contributed by atoms with E-state index in [2.05, 4.69) is 11.6 Å². The smallest absolute Gasteiger partial charge is 0.337 e. The molecule has 0 saturated heterocycles. The summed E-state index contributed by atoms with van der Waals surface area (Å²) in [4.78, 5) is 11.2. The third kappa shape index (κ3) is 3.44. The number of thioether (sulfide) groups is 1.